The van der Waals surface area contributed by atoms with Gasteiger partial charge in [0.15, 0.2) is 0 Å². The van der Waals surface area contributed by atoms with Gasteiger partial charge in [-0.25, -0.2) is 0 Å². The average Bonchev–Trinajstić information content (AvgIpc) is 2.62. The van der Waals surface area contributed by atoms with Crippen LogP contribution in [0.4, 0.5) is 0 Å². The highest BCUT2D eigenvalue weighted by Gasteiger charge is 1.95. The Morgan fingerprint density at radius 1 is 0.769 bits per heavy atom. The first-order valence-electron chi connectivity index (χ1n) is 10.9. The Hall–Kier alpha value is -1.31. The Kier molecular flexibility index (Phi) is 19.0. The van der Waals surface area contributed by atoms with E-state index in [4.69, 9.17) is 0 Å². The molecule has 0 aliphatic carbocycles. The number of nitrogens with one attached hydrogen (secondary N) is 1. The summed E-state index contributed by atoms with van der Waals surface area (Å²) >= 11 is 0. The van der Waals surface area contributed by atoms with E-state index in [0.717, 1.165) is 13.0 Å². The summed E-state index contributed by atoms with van der Waals surface area (Å²) in [4.78, 5) is 11.5. The summed E-state index contributed by atoms with van der Waals surface area (Å²) in [6, 6.07) is 0. The van der Waals surface area contributed by atoms with Gasteiger partial charge in [0.2, 0.25) is 5.91 Å². The third kappa shape index (κ3) is 20.7. The van der Waals surface area contributed by atoms with Crippen LogP contribution in [0, 0.1) is 5.92 Å². The maximum Gasteiger partial charge on any atom is 0.243 e. The van der Waals surface area contributed by atoms with Gasteiger partial charge >= 0.3 is 0 Å². The van der Waals surface area contributed by atoms with Crippen LogP contribution in [0.25, 0.3) is 0 Å². The lowest BCUT2D eigenvalue weighted by atomic mass is 10.1. The minimum atomic E-state index is -0.000783. The van der Waals surface area contributed by atoms with Crippen molar-refractivity contribution in [3.63, 3.8) is 0 Å². The number of amides is 1. The standard InChI is InChI=1S/C24H43NO/c1-4-5-6-7-8-9-10-11-12-13-14-15-16-17-18-19-20-21-24(26)25-22-23(2)3/h8-9,18-21,23H,4-7,10-17,22H2,1-3H3,(H,25,26)/b9-8+,19-18+,21-20+. The SMILES string of the molecule is CCCCC/C=C/CCCCCCCC/C=C/C=C/C(=O)NCC(C)C. The number of carbonyl (C=O) groups is 1. The van der Waals surface area contributed by atoms with Crippen LogP contribution in [0.15, 0.2) is 36.5 Å². The zero-order valence-electron chi connectivity index (χ0n) is 17.6. The Balaban J connectivity index is 3.34. The molecule has 0 spiro atoms. The zero-order valence-corrected chi connectivity index (χ0v) is 17.6. The van der Waals surface area contributed by atoms with Crippen LogP contribution in [0.3, 0.4) is 0 Å². The van der Waals surface area contributed by atoms with Crippen LogP contribution in [-0.2, 0) is 4.79 Å². The summed E-state index contributed by atoms with van der Waals surface area (Å²) in [5.74, 6) is 0.495. The number of hydrogen-bond acceptors (Lipinski definition) is 1. The van der Waals surface area contributed by atoms with Crippen LogP contribution in [0.2, 0.25) is 0 Å². The molecule has 0 fully saturated rings. The minimum absolute atomic E-state index is 0.000783. The van der Waals surface area contributed by atoms with Crippen molar-refractivity contribution in [2.24, 2.45) is 5.92 Å². The number of hydrogen-bond donors (Lipinski definition) is 1. The van der Waals surface area contributed by atoms with Crippen molar-refractivity contribution in [1.29, 1.82) is 0 Å². The fourth-order valence-corrected chi connectivity index (χ4v) is 2.66. The highest BCUT2D eigenvalue weighted by Crippen LogP contribution is 2.09. The molecule has 0 saturated carbocycles. The number of carbonyl (C=O) groups excluding carboxylic acids is 1. The van der Waals surface area contributed by atoms with Gasteiger partial charge in [0, 0.05) is 12.6 Å². The molecule has 0 heterocycles. The summed E-state index contributed by atoms with van der Waals surface area (Å²) in [5, 5.41) is 2.87. The van der Waals surface area contributed by atoms with E-state index < -0.39 is 0 Å². The van der Waals surface area contributed by atoms with Crippen LogP contribution < -0.4 is 5.32 Å². The molecule has 0 aliphatic rings. The van der Waals surface area contributed by atoms with Gasteiger partial charge in [-0.3, -0.25) is 4.79 Å². The summed E-state index contributed by atoms with van der Waals surface area (Å²) in [6.07, 6.45) is 28.0. The molecule has 0 aromatic carbocycles. The maximum atomic E-state index is 11.5. The Morgan fingerprint density at radius 2 is 1.31 bits per heavy atom. The molecule has 0 aromatic rings. The molecule has 0 aromatic heterocycles. The predicted octanol–water partition coefficient (Wildman–Crippen LogP) is 7.13. The first kappa shape index (κ1) is 24.7. The van der Waals surface area contributed by atoms with Gasteiger partial charge in [0.25, 0.3) is 0 Å². The zero-order chi connectivity index (χ0) is 19.3. The van der Waals surface area contributed by atoms with Gasteiger partial charge in [0.05, 0.1) is 0 Å². The molecule has 150 valence electrons. The van der Waals surface area contributed by atoms with E-state index in [1.54, 1.807) is 6.08 Å². The van der Waals surface area contributed by atoms with Crippen LogP contribution in [0.1, 0.15) is 97.8 Å². The lowest BCUT2D eigenvalue weighted by molar-refractivity contribution is -0.116. The maximum absolute atomic E-state index is 11.5. The van der Waals surface area contributed by atoms with Crippen LogP contribution >= 0.6 is 0 Å². The Bertz CT molecular complexity index is 393. The molecule has 26 heavy (non-hydrogen) atoms. The third-order valence-electron chi connectivity index (χ3n) is 4.31. The second-order valence-electron chi connectivity index (χ2n) is 7.59. The van der Waals surface area contributed by atoms with Crippen molar-refractivity contribution in [1.82, 2.24) is 5.32 Å². The quantitative estimate of drug-likeness (QED) is 0.127. The molecule has 0 radical (unpaired) electrons. The first-order chi connectivity index (χ1) is 12.7. The van der Waals surface area contributed by atoms with Crippen molar-refractivity contribution < 1.29 is 4.79 Å². The van der Waals surface area contributed by atoms with Gasteiger partial charge in [-0.15, -0.1) is 0 Å². The second-order valence-corrected chi connectivity index (χ2v) is 7.59. The van der Waals surface area contributed by atoms with Crippen molar-refractivity contribution in [2.45, 2.75) is 97.8 Å². The average molecular weight is 362 g/mol. The predicted molar refractivity (Wildman–Crippen MR) is 116 cm³/mol. The second kappa shape index (κ2) is 20.0. The summed E-state index contributed by atoms with van der Waals surface area (Å²) in [7, 11) is 0. The van der Waals surface area contributed by atoms with Gasteiger partial charge in [-0.05, 0) is 44.4 Å². The lowest BCUT2D eigenvalue weighted by Gasteiger charge is -2.03. The monoisotopic (exact) mass is 361 g/mol. The molecule has 0 saturated heterocycles. The van der Waals surface area contributed by atoms with Crippen LogP contribution in [0.5, 0.6) is 0 Å². The van der Waals surface area contributed by atoms with E-state index in [1.807, 2.05) is 12.2 Å². The van der Waals surface area contributed by atoms with Crippen molar-refractivity contribution in [2.75, 3.05) is 6.54 Å². The smallest absolute Gasteiger partial charge is 0.243 e. The highest BCUT2D eigenvalue weighted by molar-refractivity contribution is 5.87. The van der Waals surface area contributed by atoms with Gasteiger partial charge in [-0.2, -0.15) is 0 Å². The van der Waals surface area contributed by atoms with Crippen molar-refractivity contribution >= 4 is 5.91 Å². The fourth-order valence-electron chi connectivity index (χ4n) is 2.66. The molecule has 0 unspecified atom stereocenters. The largest absolute Gasteiger partial charge is 0.352 e. The van der Waals surface area contributed by atoms with Crippen molar-refractivity contribution in [3.8, 4) is 0 Å². The molecule has 0 aliphatic heterocycles. The molecule has 0 rings (SSSR count). The Labute approximate surface area is 163 Å². The third-order valence-corrected chi connectivity index (χ3v) is 4.31. The van der Waals surface area contributed by atoms with E-state index in [-0.39, 0.29) is 5.91 Å². The van der Waals surface area contributed by atoms with E-state index in [9.17, 15) is 4.79 Å². The molecule has 2 heteroatoms. The van der Waals surface area contributed by atoms with E-state index in [0.29, 0.717) is 5.92 Å². The molecule has 1 N–H and O–H groups in total. The number of rotatable bonds is 17. The molecular formula is C24H43NO. The molecule has 0 atom stereocenters. The molecule has 1 amide bonds. The lowest BCUT2D eigenvalue weighted by Crippen LogP contribution is -2.25. The molecular weight excluding hydrogens is 318 g/mol. The van der Waals surface area contributed by atoms with E-state index in [2.05, 4.69) is 44.3 Å². The van der Waals surface area contributed by atoms with Gasteiger partial charge in [0.1, 0.15) is 0 Å². The normalized spacial score (nSPS) is 12.2. The first-order valence-corrected chi connectivity index (χ1v) is 10.9. The van der Waals surface area contributed by atoms with Gasteiger partial charge < -0.3 is 5.32 Å². The van der Waals surface area contributed by atoms with Crippen molar-refractivity contribution in [3.05, 3.63) is 36.5 Å². The summed E-state index contributed by atoms with van der Waals surface area (Å²) < 4.78 is 0. The molecule has 0 bridgehead atoms. The highest BCUT2D eigenvalue weighted by atomic mass is 16.1. The summed E-state index contributed by atoms with van der Waals surface area (Å²) in [6.45, 7) is 7.18. The van der Waals surface area contributed by atoms with E-state index in [1.165, 1.54) is 70.6 Å². The number of allylic oxidation sites excluding steroid dienone is 5. The summed E-state index contributed by atoms with van der Waals surface area (Å²) in [5.41, 5.74) is 0. The fraction of sp³-hybridized carbons (Fsp3) is 0.708. The van der Waals surface area contributed by atoms with Gasteiger partial charge in [-0.1, -0.05) is 89.7 Å². The minimum Gasteiger partial charge on any atom is -0.352 e. The topological polar surface area (TPSA) is 29.1 Å². The van der Waals surface area contributed by atoms with Crippen LogP contribution in [-0.4, -0.2) is 12.5 Å². The number of unbranched alkanes of at least 4 members (excludes halogenated alkanes) is 10. The molecule has 2 nitrogen and oxygen atoms in total. The van der Waals surface area contributed by atoms with E-state index >= 15 is 0 Å². The Morgan fingerprint density at radius 3 is 1.88 bits per heavy atom.